The number of carbonyl (C=O) groups excluding carboxylic acids is 1. The lowest BCUT2D eigenvalue weighted by atomic mass is 10.1. The second-order valence-electron chi connectivity index (χ2n) is 4.63. The Morgan fingerprint density at radius 2 is 2.06 bits per heavy atom. The number of hydrogen-bond acceptors (Lipinski definition) is 3. The summed E-state index contributed by atoms with van der Waals surface area (Å²) in [5.74, 6) is 0.174. The number of carbonyl (C=O) groups is 1. The van der Waals surface area contributed by atoms with Crippen LogP contribution in [0.5, 0.6) is 0 Å². The molecule has 0 aliphatic carbocycles. The normalized spacial score (nSPS) is 10.9. The van der Waals surface area contributed by atoms with Gasteiger partial charge in [0.1, 0.15) is 5.69 Å². The third-order valence-corrected chi connectivity index (χ3v) is 3.20. The van der Waals surface area contributed by atoms with Gasteiger partial charge >= 0.3 is 5.97 Å². The molecule has 0 radical (unpaired) electrons. The van der Waals surface area contributed by atoms with Crippen LogP contribution in [0.15, 0.2) is 12.3 Å². The van der Waals surface area contributed by atoms with E-state index < -0.39 is 0 Å². The van der Waals surface area contributed by atoms with Crippen LogP contribution in [-0.4, -0.2) is 17.1 Å². The Kier molecular flexibility index (Phi) is 5.75. The summed E-state index contributed by atoms with van der Waals surface area (Å²) in [6.07, 6.45) is 4.81. The minimum atomic E-state index is -0.271. The first-order chi connectivity index (χ1) is 8.62. The second kappa shape index (κ2) is 7.09. The molecule has 2 N–H and O–H groups in total. The van der Waals surface area contributed by atoms with E-state index >= 15 is 0 Å². The molecule has 102 valence electrons. The Labute approximate surface area is 109 Å². The van der Waals surface area contributed by atoms with Gasteiger partial charge in [0, 0.05) is 12.7 Å². The van der Waals surface area contributed by atoms with Crippen molar-refractivity contribution < 1.29 is 9.53 Å². The Morgan fingerprint density at radius 3 is 2.61 bits per heavy atom. The summed E-state index contributed by atoms with van der Waals surface area (Å²) in [6, 6.07) is 1.69. The number of nitrogens with two attached hydrogens (primary N) is 1. The third-order valence-electron chi connectivity index (χ3n) is 3.20. The van der Waals surface area contributed by atoms with E-state index in [1.54, 1.807) is 12.3 Å². The Bertz CT molecular complexity index is 381. The highest BCUT2D eigenvalue weighted by Crippen LogP contribution is 2.14. The number of ether oxygens (including phenoxy) is 1. The number of nitrogens with zero attached hydrogens (tertiary/aromatic N) is 1. The van der Waals surface area contributed by atoms with E-state index in [-0.39, 0.29) is 5.97 Å². The zero-order chi connectivity index (χ0) is 13.5. The largest absolute Gasteiger partial charge is 0.461 e. The Morgan fingerprint density at radius 1 is 1.39 bits per heavy atom. The maximum atomic E-state index is 12.0. The fraction of sp³-hybridized carbons (Fsp3) is 0.643. The zero-order valence-electron chi connectivity index (χ0n) is 11.6. The van der Waals surface area contributed by atoms with E-state index in [1.165, 1.54) is 0 Å². The van der Waals surface area contributed by atoms with Crippen molar-refractivity contribution in [3.05, 3.63) is 18.0 Å². The van der Waals surface area contributed by atoms with Crippen LogP contribution < -0.4 is 5.73 Å². The van der Waals surface area contributed by atoms with Crippen LogP contribution in [0.1, 0.15) is 50.5 Å². The molecular formula is C14H24N2O2. The summed E-state index contributed by atoms with van der Waals surface area (Å²) < 4.78 is 7.22. The summed E-state index contributed by atoms with van der Waals surface area (Å²) in [4.78, 5) is 12.0. The van der Waals surface area contributed by atoms with Gasteiger partial charge in [-0.3, -0.25) is 0 Å². The number of anilines is 1. The summed E-state index contributed by atoms with van der Waals surface area (Å²) in [7, 11) is 0. The molecule has 18 heavy (non-hydrogen) atoms. The van der Waals surface area contributed by atoms with Crippen molar-refractivity contribution in [3.63, 3.8) is 0 Å². The van der Waals surface area contributed by atoms with Gasteiger partial charge < -0.3 is 15.0 Å². The third kappa shape index (κ3) is 3.79. The van der Waals surface area contributed by atoms with Crippen LogP contribution in [-0.2, 0) is 11.3 Å². The number of aryl methyl sites for hydroxylation is 1. The van der Waals surface area contributed by atoms with Crippen LogP contribution in [0, 0.1) is 5.92 Å². The van der Waals surface area contributed by atoms with Gasteiger partial charge in [0.2, 0.25) is 0 Å². The SMILES string of the molecule is CCCn1cc(N)cc1C(=O)OCC(CC)CC. The van der Waals surface area contributed by atoms with Crippen molar-refractivity contribution >= 4 is 11.7 Å². The summed E-state index contributed by atoms with van der Waals surface area (Å²) in [5, 5.41) is 0. The maximum Gasteiger partial charge on any atom is 0.355 e. The average molecular weight is 252 g/mol. The van der Waals surface area contributed by atoms with Crippen molar-refractivity contribution in [1.82, 2.24) is 4.57 Å². The molecule has 0 amide bonds. The first-order valence-electron chi connectivity index (χ1n) is 6.75. The molecule has 0 unspecified atom stereocenters. The van der Waals surface area contributed by atoms with Gasteiger partial charge in [0.25, 0.3) is 0 Å². The molecule has 0 spiro atoms. The second-order valence-corrected chi connectivity index (χ2v) is 4.63. The molecule has 0 aliphatic rings. The molecule has 0 aliphatic heterocycles. The molecule has 0 fully saturated rings. The summed E-state index contributed by atoms with van der Waals surface area (Å²) in [5.41, 5.74) is 6.89. The molecule has 0 bridgehead atoms. The van der Waals surface area contributed by atoms with Crippen molar-refractivity contribution in [3.8, 4) is 0 Å². The zero-order valence-corrected chi connectivity index (χ0v) is 11.6. The average Bonchev–Trinajstić information content (AvgIpc) is 2.72. The standard InChI is InChI=1S/C14H24N2O2/c1-4-7-16-9-12(15)8-13(16)14(17)18-10-11(5-2)6-3/h8-9,11H,4-7,10,15H2,1-3H3. The van der Waals surface area contributed by atoms with E-state index in [4.69, 9.17) is 10.5 Å². The number of aromatic nitrogens is 1. The van der Waals surface area contributed by atoms with Crippen molar-refractivity contribution in [1.29, 1.82) is 0 Å². The number of nitrogen functional groups attached to an aromatic ring is 1. The van der Waals surface area contributed by atoms with Crippen LogP contribution in [0.3, 0.4) is 0 Å². The summed E-state index contributed by atoms with van der Waals surface area (Å²) >= 11 is 0. The molecule has 0 saturated heterocycles. The van der Waals surface area contributed by atoms with Gasteiger partial charge in [-0.1, -0.05) is 33.6 Å². The number of rotatable bonds is 7. The van der Waals surface area contributed by atoms with Crippen molar-refractivity contribution in [2.24, 2.45) is 5.92 Å². The Hall–Kier alpha value is -1.45. The highest BCUT2D eigenvalue weighted by molar-refractivity contribution is 5.89. The molecule has 0 aromatic carbocycles. The van der Waals surface area contributed by atoms with E-state index in [2.05, 4.69) is 20.8 Å². The van der Waals surface area contributed by atoms with Gasteiger partial charge in [0.05, 0.1) is 12.3 Å². The van der Waals surface area contributed by atoms with Crippen LogP contribution in [0.25, 0.3) is 0 Å². The minimum Gasteiger partial charge on any atom is -0.461 e. The lowest BCUT2D eigenvalue weighted by molar-refractivity contribution is 0.0420. The quantitative estimate of drug-likeness (QED) is 0.759. The molecule has 0 atom stereocenters. The lowest BCUT2D eigenvalue weighted by Crippen LogP contribution is -2.16. The predicted octanol–water partition coefficient (Wildman–Crippen LogP) is 3.07. The van der Waals surface area contributed by atoms with Gasteiger partial charge in [-0.05, 0) is 18.4 Å². The van der Waals surface area contributed by atoms with Crippen LogP contribution in [0.2, 0.25) is 0 Å². The first-order valence-corrected chi connectivity index (χ1v) is 6.75. The molecular weight excluding hydrogens is 228 g/mol. The van der Waals surface area contributed by atoms with Crippen LogP contribution >= 0.6 is 0 Å². The monoisotopic (exact) mass is 252 g/mol. The van der Waals surface area contributed by atoms with Crippen molar-refractivity contribution in [2.75, 3.05) is 12.3 Å². The summed E-state index contributed by atoms with van der Waals surface area (Å²) in [6.45, 7) is 7.56. The van der Waals surface area contributed by atoms with Crippen LogP contribution in [0.4, 0.5) is 5.69 Å². The molecule has 4 nitrogen and oxygen atoms in total. The van der Waals surface area contributed by atoms with Gasteiger partial charge in [-0.15, -0.1) is 0 Å². The molecule has 1 aromatic rings. The predicted molar refractivity (Wildman–Crippen MR) is 73.5 cm³/mol. The molecule has 1 heterocycles. The van der Waals surface area contributed by atoms with Crippen molar-refractivity contribution in [2.45, 2.75) is 46.6 Å². The lowest BCUT2D eigenvalue weighted by Gasteiger charge is -2.13. The first kappa shape index (κ1) is 14.6. The highest BCUT2D eigenvalue weighted by atomic mass is 16.5. The number of esters is 1. The topological polar surface area (TPSA) is 57.2 Å². The molecule has 1 aromatic heterocycles. The maximum absolute atomic E-state index is 12.0. The van der Waals surface area contributed by atoms with E-state index in [9.17, 15) is 4.79 Å². The number of hydrogen-bond donors (Lipinski definition) is 1. The molecule has 4 heteroatoms. The van der Waals surface area contributed by atoms with Gasteiger partial charge in [-0.2, -0.15) is 0 Å². The minimum absolute atomic E-state index is 0.271. The highest BCUT2D eigenvalue weighted by Gasteiger charge is 2.15. The van der Waals surface area contributed by atoms with Gasteiger partial charge in [-0.25, -0.2) is 4.79 Å². The Balaban J connectivity index is 2.65. The molecule has 1 rings (SSSR count). The molecule has 0 saturated carbocycles. The van der Waals surface area contributed by atoms with E-state index in [0.29, 0.717) is 23.9 Å². The fourth-order valence-electron chi connectivity index (χ4n) is 1.92. The fourth-order valence-corrected chi connectivity index (χ4v) is 1.92. The van der Waals surface area contributed by atoms with E-state index in [1.807, 2.05) is 4.57 Å². The van der Waals surface area contributed by atoms with Gasteiger partial charge in [0.15, 0.2) is 0 Å². The smallest absolute Gasteiger partial charge is 0.355 e. The van der Waals surface area contributed by atoms with E-state index in [0.717, 1.165) is 25.8 Å².